The van der Waals surface area contributed by atoms with E-state index in [9.17, 15) is 4.79 Å². The zero-order chi connectivity index (χ0) is 18.8. The third-order valence-electron chi connectivity index (χ3n) is 7.16. The number of aromatic nitrogens is 2. The van der Waals surface area contributed by atoms with Crippen molar-refractivity contribution in [1.82, 2.24) is 9.78 Å². The van der Waals surface area contributed by atoms with Gasteiger partial charge in [-0.15, -0.1) is 0 Å². The first kappa shape index (κ1) is 17.3. The van der Waals surface area contributed by atoms with Gasteiger partial charge in [-0.3, -0.25) is 4.79 Å². The van der Waals surface area contributed by atoms with Crippen LogP contribution < -0.4 is 10.9 Å². The van der Waals surface area contributed by atoms with Crippen molar-refractivity contribution in [2.24, 2.45) is 17.8 Å². The molecule has 142 valence electrons. The molecule has 0 aliphatic heterocycles. The minimum absolute atomic E-state index is 0.103. The Balaban J connectivity index is 1.49. The van der Waals surface area contributed by atoms with Gasteiger partial charge in [0, 0.05) is 5.69 Å². The Hall–Kier alpha value is -1.81. The van der Waals surface area contributed by atoms with E-state index >= 15 is 0 Å². The summed E-state index contributed by atoms with van der Waals surface area (Å²) in [5.74, 6) is 2.28. The Morgan fingerprint density at radius 2 is 1.70 bits per heavy atom. The second-order valence-electron chi connectivity index (χ2n) is 9.16. The molecule has 1 aromatic heterocycles. The topological polar surface area (TPSA) is 46.9 Å². The fourth-order valence-corrected chi connectivity index (χ4v) is 6.33. The molecule has 0 radical (unpaired) electrons. The number of nitrogens with one attached hydrogen (secondary N) is 1. The third-order valence-corrected chi connectivity index (χ3v) is 7.53. The summed E-state index contributed by atoms with van der Waals surface area (Å²) in [7, 11) is 0. The summed E-state index contributed by atoms with van der Waals surface area (Å²) in [6.45, 7) is 4.16. The van der Waals surface area contributed by atoms with E-state index in [0.29, 0.717) is 5.69 Å². The van der Waals surface area contributed by atoms with Gasteiger partial charge in [0.25, 0.3) is 5.56 Å². The zero-order valence-electron chi connectivity index (χ0n) is 16.0. The van der Waals surface area contributed by atoms with E-state index in [1.807, 2.05) is 6.07 Å². The molecule has 4 bridgehead atoms. The monoisotopic (exact) mass is 383 g/mol. The van der Waals surface area contributed by atoms with Gasteiger partial charge >= 0.3 is 0 Å². The van der Waals surface area contributed by atoms with Crippen LogP contribution in [-0.4, -0.2) is 9.78 Å². The Labute approximate surface area is 164 Å². The van der Waals surface area contributed by atoms with Crippen molar-refractivity contribution < 1.29 is 0 Å². The lowest BCUT2D eigenvalue weighted by atomic mass is 9.53. The van der Waals surface area contributed by atoms with E-state index in [1.54, 1.807) is 10.9 Å². The largest absolute Gasteiger partial charge is 0.353 e. The van der Waals surface area contributed by atoms with Crippen LogP contribution in [0.15, 0.2) is 29.2 Å². The van der Waals surface area contributed by atoms with E-state index in [0.717, 1.165) is 42.7 Å². The van der Waals surface area contributed by atoms with Crippen molar-refractivity contribution in [3.63, 3.8) is 0 Å². The molecule has 4 saturated carbocycles. The minimum Gasteiger partial charge on any atom is -0.353 e. The maximum atomic E-state index is 13.1. The zero-order valence-corrected chi connectivity index (χ0v) is 16.7. The number of aryl methyl sites for hydroxylation is 2. The second kappa shape index (κ2) is 6.10. The molecule has 0 amide bonds. The van der Waals surface area contributed by atoms with Crippen molar-refractivity contribution in [2.45, 2.75) is 57.9 Å². The number of benzene rings is 1. The molecule has 0 spiro atoms. The summed E-state index contributed by atoms with van der Waals surface area (Å²) in [4.78, 5) is 13.1. The number of anilines is 2. The van der Waals surface area contributed by atoms with Crippen molar-refractivity contribution in [3.05, 3.63) is 50.9 Å². The van der Waals surface area contributed by atoms with Crippen LogP contribution in [-0.2, 0) is 5.54 Å². The molecule has 4 aliphatic carbocycles. The molecule has 1 aromatic carbocycles. The first-order chi connectivity index (χ1) is 12.9. The molecule has 2 aromatic rings. The second-order valence-corrected chi connectivity index (χ2v) is 9.53. The lowest BCUT2D eigenvalue weighted by molar-refractivity contribution is -0.0518. The Morgan fingerprint density at radius 1 is 1.07 bits per heavy atom. The number of hydrogen-bond acceptors (Lipinski definition) is 3. The van der Waals surface area contributed by atoms with Gasteiger partial charge in [0.2, 0.25) is 0 Å². The van der Waals surface area contributed by atoms with Crippen molar-refractivity contribution in [1.29, 1.82) is 0 Å². The van der Waals surface area contributed by atoms with Crippen molar-refractivity contribution >= 4 is 23.0 Å². The highest BCUT2D eigenvalue weighted by atomic mass is 35.5. The molecular weight excluding hydrogens is 358 g/mol. The molecule has 4 aliphatic rings. The fourth-order valence-electron chi connectivity index (χ4n) is 6.16. The van der Waals surface area contributed by atoms with Gasteiger partial charge in [0.1, 0.15) is 5.02 Å². The van der Waals surface area contributed by atoms with Crippen LogP contribution in [0.25, 0.3) is 0 Å². The summed E-state index contributed by atoms with van der Waals surface area (Å²) in [5.41, 5.74) is 3.70. The molecule has 0 atom stereocenters. The molecule has 27 heavy (non-hydrogen) atoms. The Bertz CT molecular complexity index is 929. The summed E-state index contributed by atoms with van der Waals surface area (Å²) >= 11 is 6.52. The van der Waals surface area contributed by atoms with E-state index in [1.165, 1.54) is 30.4 Å². The van der Waals surface area contributed by atoms with E-state index in [2.05, 4.69) is 36.4 Å². The minimum atomic E-state index is -0.146. The molecule has 0 unspecified atom stereocenters. The molecule has 1 heterocycles. The van der Waals surface area contributed by atoms with Crippen LogP contribution in [0.4, 0.5) is 11.4 Å². The van der Waals surface area contributed by atoms with Gasteiger partial charge in [-0.05, 0) is 93.4 Å². The van der Waals surface area contributed by atoms with Crippen LogP contribution >= 0.6 is 11.6 Å². The van der Waals surface area contributed by atoms with E-state index in [-0.39, 0.29) is 16.1 Å². The number of rotatable bonds is 3. The molecule has 0 saturated heterocycles. The van der Waals surface area contributed by atoms with Crippen molar-refractivity contribution in [2.75, 3.05) is 5.32 Å². The van der Waals surface area contributed by atoms with E-state index in [4.69, 9.17) is 11.6 Å². The molecule has 5 heteroatoms. The third kappa shape index (κ3) is 2.80. The number of nitrogens with zero attached hydrogens (tertiary/aromatic N) is 2. The predicted octanol–water partition coefficient (Wildman–Crippen LogP) is 5.18. The van der Waals surface area contributed by atoms with Crippen LogP contribution in [0, 0.1) is 31.6 Å². The van der Waals surface area contributed by atoms with Crippen LogP contribution in [0.1, 0.15) is 49.7 Å². The van der Waals surface area contributed by atoms with Crippen molar-refractivity contribution in [3.8, 4) is 0 Å². The Morgan fingerprint density at radius 3 is 2.30 bits per heavy atom. The summed E-state index contributed by atoms with van der Waals surface area (Å²) < 4.78 is 1.74. The van der Waals surface area contributed by atoms with Crippen LogP contribution in [0.3, 0.4) is 0 Å². The first-order valence-electron chi connectivity index (χ1n) is 10.1. The predicted molar refractivity (Wildman–Crippen MR) is 109 cm³/mol. The fraction of sp³-hybridized carbons (Fsp3) is 0.545. The smallest absolute Gasteiger partial charge is 0.288 e. The highest BCUT2D eigenvalue weighted by Gasteiger charge is 2.53. The standard InChI is InChI=1S/C22H26ClN3O/c1-13-3-4-18(5-14(13)2)25-19-12-24-26(21(27)20(19)23)22-9-15-6-16(10-22)8-17(7-15)11-22/h3-5,12,15-17,25H,6-11H2,1-2H3. The maximum Gasteiger partial charge on any atom is 0.288 e. The molecule has 1 N–H and O–H groups in total. The SMILES string of the molecule is Cc1ccc(Nc2cnn(C34CC5CC(CC(C5)C3)C4)c(=O)c2Cl)cc1C. The van der Waals surface area contributed by atoms with Crippen LogP contribution in [0.5, 0.6) is 0 Å². The average Bonchev–Trinajstić information content (AvgIpc) is 2.61. The van der Waals surface area contributed by atoms with Gasteiger partial charge in [0.15, 0.2) is 0 Å². The van der Waals surface area contributed by atoms with Gasteiger partial charge in [-0.25, -0.2) is 4.68 Å². The molecule has 6 rings (SSSR count). The van der Waals surface area contributed by atoms with Gasteiger partial charge in [0.05, 0.1) is 17.4 Å². The normalized spacial score (nSPS) is 31.3. The lowest BCUT2D eigenvalue weighted by Crippen LogP contribution is -2.55. The average molecular weight is 384 g/mol. The quantitative estimate of drug-likeness (QED) is 0.794. The highest BCUT2D eigenvalue weighted by Crippen LogP contribution is 2.58. The maximum absolute atomic E-state index is 13.1. The lowest BCUT2D eigenvalue weighted by Gasteiger charge is -2.56. The number of hydrogen-bond donors (Lipinski definition) is 1. The molecule has 4 fully saturated rings. The van der Waals surface area contributed by atoms with Gasteiger partial charge in [-0.2, -0.15) is 5.10 Å². The molecular formula is C22H26ClN3O. The van der Waals surface area contributed by atoms with E-state index < -0.39 is 0 Å². The van der Waals surface area contributed by atoms with Crippen LogP contribution in [0.2, 0.25) is 5.02 Å². The summed E-state index contributed by atoms with van der Waals surface area (Å²) in [6, 6.07) is 6.13. The Kier molecular flexibility index (Phi) is 3.91. The highest BCUT2D eigenvalue weighted by molar-refractivity contribution is 6.33. The number of halogens is 1. The summed E-state index contributed by atoms with van der Waals surface area (Å²) in [6.07, 6.45) is 9.03. The van der Waals surface area contributed by atoms with Gasteiger partial charge in [-0.1, -0.05) is 17.7 Å². The first-order valence-corrected chi connectivity index (χ1v) is 10.4. The molecule has 4 nitrogen and oxygen atoms in total. The summed E-state index contributed by atoms with van der Waals surface area (Å²) in [5, 5.41) is 8.15. The van der Waals surface area contributed by atoms with Gasteiger partial charge < -0.3 is 5.32 Å².